The third kappa shape index (κ3) is 3.46. The van der Waals surface area contributed by atoms with Gasteiger partial charge in [0.2, 0.25) is 0 Å². The van der Waals surface area contributed by atoms with E-state index in [4.69, 9.17) is 46.4 Å². The van der Waals surface area contributed by atoms with Crippen molar-refractivity contribution in [1.29, 1.82) is 0 Å². The van der Waals surface area contributed by atoms with Crippen molar-refractivity contribution >= 4 is 58.2 Å². The summed E-state index contributed by atoms with van der Waals surface area (Å²) in [6, 6.07) is 0. The zero-order valence-corrected chi connectivity index (χ0v) is 10.3. The van der Waals surface area contributed by atoms with Crippen molar-refractivity contribution in [3.8, 4) is 0 Å². The van der Waals surface area contributed by atoms with Crippen molar-refractivity contribution in [1.82, 2.24) is 4.98 Å². The lowest BCUT2D eigenvalue weighted by molar-refractivity contribution is -0.0329. The summed E-state index contributed by atoms with van der Waals surface area (Å²) in [7, 11) is 0. The highest BCUT2D eigenvalue weighted by Gasteiger charge is 2.32. The maximum absolute atomic E-state index is 12.0. The summed E-state index contributed by atoms with van der Waals surface area (Å²) in [5, 5.41) is -1.63. The summed E-state index contributed by atoms with van der Waals surface area (Å²) < 4.78 is 36.1. The van der Waals surface area contributed by atoms with Gasteiger partial charge in [-0.25, -0.2) is 4.98 Å². The normalized spacial score (nSPS) is 11.9. The molecule has 0 aromatic carbocycles. The van der Waals surface area contributed by atoms with Gasteiger partial charge >= 0.3 is 5.51 Å². The molecule has 9 heteroatoms. The second kappa shape index (κ2) is 4.75. The maximum Gasteiger partial charge on any atom is 0.447 e. The first kappa shape index (κ1) is 13.5. The Kier molecular flexibility index (Phi) is 4.28. The Labute approximate surface area is 107 Å². The van der Waals surface area contributed by atoms with Crippen molar-refractivity contribution in [3.63, 3.8) is 0 Å². The smallest absolute Gasteiger partial charge is 0.226 e. The molecule has 1 heterocycles. The van der Waals surface area contributed by atoms with Gasteiger partial charge in [0.25, 0.3) is 0 Å². The van der Waals surface area contributed by atoms with E-state index in [1.165, 1.54) is 0 Å². The van der Waals surface area contributed by atoms with Crippen molar-refractivity contribution in [2.75, 3.05) is 0 Å². The molecule has 0 spiro atoms. The number of hydrogen-bond acceptors (Lipinski definition) is 2. The van der Waals surface area contributed by atoms with Crippen LogP contribution in [0.2, 0.25) is 20.2 Å². The molecule has 0 aliphatic rings. The fourth-order valence-electron chi connectivity index (χ4n) is 0.645. The van der Waals surface area contributed by atoms with Gasteiger partial charge in [0.1, 0.15) is 5.03 Å². The number of aromatic nitrogens is 1. The predicted molar refractivity (Wildman–Crippen MR) is 56.2 cm³/mol. The summed E-state index contributed by atoms with van der Waals surface area (Å²) in [6.07, 6.45) is 0. The van der Waals surface area contributed by atoms with E-state index < -0.39 is 22.3 Å². The molecule has 0 unspecified atom stereocenters. The number of thioether (sulfide) groups is 1. The molecule has 1 aromatic rings. The molecule has 15 heavy (non-hydrogen) atoms. The molecule has 0 radical (unpaired) electrons. The number of halogens is 7. The highest BCUT2D eigenvalue weighted by atomic mass is 35.5. The summed E-state index contributed by atoms with van der Waals surface area (Å²) >= 11 is 21.5. The molecule has 1 rings (SSSR count). The van der Waals surface area contributed by atoms with Gasteiger partial charge in [-0.2, -0.15) is 13.2 Å². The number of hydrogen-bond donors (Lipinski definition) is 0. The van der Waals surface area contributed by atoms with Crippen LogP contribution in [0.1, 0.15) is 0 Å². The zero-order valence-electron chi connectivity index (χ0n) is 6.50. The molecule has 0 saturated carbocycles. The van der Waals surface area contributed by atoms with Gasteiger partial charge in [0, 0.05) is 11.8 Å². The number of rotatable bonds is 1. The first-order valence-electron chi connectivity index (χ1n) is 3.18. The Hall–Kier alpha value is 0.450. The topological polar surface area (TPSA) is 12.9 Å². The van der Waals surface area contributed by atoms with E-state index in [1.54, 1.807) is 0 Å². The SMILES string of the molecule is FC(F)(F)Sc1nc(Cl)c(Cl)c(Cl)c1Cl. The molecule has 0 fully saturated rings. The maximum atomic E-state index is 12.0. The van der Waals surface area contributed by atoms with Crippen LogP contribution in [-0.4, -0.2) is 10.5 Å². The molecule has 1 aromatic heterocycles. The first-order chi connectivity index (χ1) is 6.72. The number of alkyl halides is 3. The third-order valence-electron chi connectivity index (χ3n) is 1.17. The molecule has 0 N–H and O–H groups in total. The van der Waals surface area contributed by atoms with Crippen LogP contribution in [-0.2, 0) is 0 Å². The Morgan fingerprint density at radius 1 is 0.933 bits per heavy atom. The van der Waals surface area contributed by atoms with E-state index in [1.807, 2.05) is 0 Å². The van der Waals surface area contributed by atoms with Crippen molar-refractivity contribution in [2.24, 2.45) is 0 Å². The number of nitrogens with zero attached hydrogens (tertiary/aromatic N) is 1. The Morgan fingerprint density at radius 3 is 1.93 bits per heavy atom. The van der Waals surface area contributed by atoms with E-state index in [-0.39, 0.29) is 20.2 Å². The molecule has 0 saturated heterocycles. The van der Waals surface area contributed by atoms with Crippen LogP contribution in [0.15, 0.2) is 5.03 Å². The van der Waals surface area contributed by atoms with Crippen LogP contribution in [0.3, 0.4) is 0 Å². The lowest BCUT2D eigenvalue weighted by atomic mass is 10.5. The van der Waals surface area contributed by atoms with E-state index in [9.17, 15) is 13.2 Å². The molecule has 0 amide bonds. The minimum Gasteiger partial charge on any atom is -0.226 e. The third-order valence-corrected chi connectivity index (χ3v) is 3.68. The van der Waals surface area contributed by atoms with E-state index in [2.05, 4.69) is 4.98 Å². The van der Waals surface area contributed by atoms with Crippen LogP contribution >= 0.6 is 58.2 Å². The summed E-state index contributed by atoms with van der Waals surface area (Å²) in [5.41, 5.74) is -4.52. The summed E-state index contributed by atoms with van der Waals surface area (Å²) in [5.74, 6) is 0. The van der Waals surface area contributed by atoms with Gasteiger partial charge in [-0.1, -0.05) is 46.4 Å². The minimum absolute atomic E-state index is 0.171. The molecular weight excluding hydrogens is 317 g/mol. The van der Waals surface area contributed by atoms with Gasteiger partial charge < -0.3 is 0 Å². The van der Waals surface area contributed by atoms with Gasteiger partial charge in [-0.05, 0) is 0 Å². The van der Waals surface area contributed by atoms with Crippen LogP contribution in [0, 0.1) is 0 Å². The molecule has 84 valence electrons. The molecule has 0 aliphatic carbocycles. The average Bonchev–Trinajstić information content (AvgIpc) is 2.08. The Bertz CT molecular complexity index is 395. The van der Waals surface area contributed by atoms with Crippen LogP contribution < -0.4 is 0 Å². The van der Waals surface area contributed by atoms with Gasteiger partial charge in [-0.15, -0.1) is 0 Å². The Morgan fingerprint density at radius 2 is 1.47 bits per heavy atom. The first-order valence-corrected chi connectivity index (χ1v) is 5.51. The van der Waals surface area contributed by atoms with E-state index in [0.29, 0.717) is 0 Å². The molecular formula is C6Cl4F3NS. The van der Waals surface area contributed by atoms with Crippen LogP contribution in [0.4, 0.5) is 13.2 Å². The summed E-state index contributed by atoms with van der Waals surface area (Å²) in [6.45, 7) is 0. The average molecular weight is 317 g/mol. The highest BCUT2D eigenvalue weighted by molar-refractivity contribution is 8.00. The standard InChI is InChI=1S/C6Cl4F3NS/c7-1-2(8)4(10)14-5(3(1)9)15-6(11,12)13. The fourth-order valence-corrected chi connectivity index (χ4v) is 2.14. The van der Waals surface area contributed by atoms with Crippen LogP contribution in [0.25, 0.3) is 0 Å². The minimum atomic E-state index is -4.52. The van der Waals surface area contributed by atoms with Gasteiger partial charge in [-0.3, -0.25) is 0 Å². The lowest BCUT2D eigenvalue weighted by Crippen LogP contribution is -2.01. The van der Waals surface area contributed by atoms with Crippen LogP contribution in [0.5, 0.6) is 0 Å². The zero-order chi connectivity index (χ0) is 11.8. The van der Waals surface area contributed by atoms with Crippen molar-refractivity contribution < 1.29 is 13.2 Å². The number of pyridine rings is 1. The molecule has 0 aliphatic heterocycles. The molecule has 0 bridgehead atoms. The second-order valence-electron chi connectivity index (χ2n) is 2.20. The van der Waals surface area contributed by atoms with E-state index in [0.717, 1.165) is 0 Å². The van der Waals surface area contributed by atoms with E-state index >= 15 is 0 Å². The van der Waals surface area contributed by atoms with Gasteiger partial charge in [0.15, 0.2) is 5.15 Å². The Balaban J connectivity index is 3.21. The largest absolute Gasteiger partial charge is 0.447 e. The van der Waals surface area contributed by atoms with Crippen molar-refractivity contribution in [3.05, 3.63) is 20.2 Å². The molecule has 0 atom stereocenters. The van der Waals surface area contributed by atoms with Gasteiger partial charge in [0.05, 0.1) is 15.1 Å². The second-order valence-corrected chi connectivity index (χ2v) is 4.74. The lowest BCUT2D eigenvalue weighted by Gasteiger charge is -2.09. The predicted octanol–water partition coefficient (Wildman–Crippen LogP) is 5.31. The monoisotopic (exact) mass is 315 g/mol. The van der Waals surface area contributed by atoms with Crippen molar-refractivity contribution in [2.45, 2.75) is 10.5 Å². The molecule has 1 nitrogen and oxygen atoms in total. The quantitative estimate of drug-likeness (QED) is 0.514. The highest BCUT2D eigenvalue weighted by Crippen LogP contribution is 2.44. The fraction of sp³-hybridized carbons (Fsp3) is 0.167. The summed E-state index contributed by atoms with van der Waals surface area (Å²) in [4.78, 5) is 3.38.